The predicted octanol–water partition coefficient (Wildman–Crippen LogP) is 4.09. The lowest BCUT2D eigenvalue weighted by molar-refractivity contribution is 0.307. The first-order chi connectivity index (χ1) is 9.22. The highest BCUT2D eigenvalue weighted by atomic mass is 79.9. The number of nitrogens with one attached hydrogen (secondary N) is 1. The fraction of sp³-hybridized carbons (Fsp3) is 0.0667. The van der Waals surface area contributed by atoms with E-state index in [4.69, 9.17) is 10.5 Å². The Labute approximate surface area is 119 Å². The topological polar surface area (TPSA) is 51.0 Å². The predicted molar refractivity (Wildman–Crippen MR) is 81.2 cm³/mol. The molecule has 0 saturated carbocycles. The summed E-state index contributed by atoms with van der Waals surface area (Å²) in [5, 5.41) is 1.14. The summed E-state index contributed by atoms with van der Waals surface area (Å²) in [4.78, 5) is 3.21. The Balaban J connectivity index is 1.82. The number of anilines is 1. The van der Waals surface area contributed by atoms with E-state index in [-0.39, 0.29) is 0 Å². The van der Waals surface area contributed by atoms with Gasteiger partial charge in [-0.15, -0.1) is 0 Å². The first kappa shape index (κ1) is 12.1. The monoisotopic (exact) mass is 316 g/mol. The van der Waals surface area contributed by atoms with E-state index in [9.17, 15) is 0 Å². The van der Waals surface area contributed by atoms with Gasteiger partial charge in [-0.05, 0) is 30.3 Å². The molecule has 3 nitrogen and oxygen atoms in total. The summed E-state index contributed by atoms with van der Waals surface area (Å²) in [7, 11) is 0. The van der Waals surface area contributed by atoms with Crippen LogP contribution in [0.5, 0.6) is 5.75 Å². The summed E-state index contributed by atoms with van der Waals surface area (Å²) in [6, 6.07) is 13.7. The molecule has 19 heavy (non-hydrogen) atoms. The van der Waals surface area contributed by atoms with Crippen molar-refractivity contribution in [2.45, 2.75) is 6.61 Å². The zero-order valence-corrected chi connectivity index (χ0v) is 11.8. The maximum atomic E-state index is 5.79. The van der Waals surface area contributed by atoms with Crippen LogP contribution in [0.25, 0.3) is 10.9 Å². The molecule has 0 radical (unpaired) electrons. The van der Waals surface area contributed by atoms with E-state index in [1.165, 1.54) is 0 Å². The Bertz CT molecular complexity index is 721. The molecule has 0 unspecified atom stereocenters. The van der Waals surface area contributed by atoms with Crippen LogP contribution in [0.1, 0.15) is 5.56 Å². The van der Waals surface area contributed by atoms with Crippen molar-refractivity contribution in [2.75, 3.05) is 5.73 Å². The molecule has 3 aromatic rings. The highest BCUT2D eigenvalue weighted by molar-refractivity contribution is 9.10. The SMILES string of the molecule is Nc1ccc2c(COc3cccc(Br)c3)c[nH]c2c1. The lowest BCUT2D eigenvalue weighted by atomic mass is 10.2. The van der Waals surface area contributed by atoms with Gasteiger partial charge in [0.2, 0.25) is 0 Å². The summed E-state index contributed by atoms with van der Waals surface area (Å²) in [5.41, 5.74) is 8.67. The summed E-state index contributed by atoms with van der Waals surface area (Å²) < 4.78 is 6.80. The van der Waals surface area contributed by atoms with Crippen LogP contribution >= 0.6 is 15.9 Å². The standard InChI is InChI=1S/C15H13BrN2O/c16-11-2-1-3-13(6-11)19-9-10-8-18-15-7-12(17)4-5-14(10)15/h1-8,18H,9,17H2. The Morgan fingerprint density at radius 1 is 1.16 bits per heavy atom. The first-order valence-corrected chi connectivity index (χ1v) is 6.75. The molecule has 3 rings (SSSR count). The number of ether oxygens (including phenoxy) is 1. The first-order valence-electron chi connectivity index (χ1n) is 5.96. The third kappa shape index (κ3) is 2.58. The molecule has 0 aliphatic heterocycles. The molecule has 2 aromatic carbocycles. The number of hydrogen-bond acceptors (Lipinski definition) is 2. The summed E-state index contributed by atoms with van der Waals surface area (Å²) in [5.74, 6) is 0.846. The molecule has 0 spiro atoms. The largest absolute Gasteiger partial charge is 0.489 e. The van der Waals surface area contributed by atoms with Gasteiger partial charge in [0, 0.05) is 32.8 Å². The molecule has 1 aromatic heterocycles. The molecule has 1 heterocycles. The van der Waals surface area contributed by atoms with E-state index in [2.05, 4.69) is 20.9 Å². The van der Waals surface area contributed by atoms with Crippen LogP contribution in [0.15, 0.2) is 53.1 Å². The van der Waals surface area contributed by atoms with Crippen molar-refractivity contribution in [1.29, 1.82) is 0 Å². The van der Waals surface area contributed by atoms with Crippen LogP contribution in [0, 0.1) is 0 Å². The number of rotatable bonds is 3. The zero-order valence-electron chi connectivity index (χ0n) is 10.2. The second kappa shape index (κ2) is 4.97. The van der Waals surface area contributed by atoms with E-state index in [1.54, 1.807) is 0 Å². The quantitative estimate of drug-likeness (QED) is 0.715. The summed E-state index contributed by atoms with van der Waals surface area (Å²) in [6.07, 6.45) is 1.96. The number of H-pyrrole nitrogens is 1. The van der Waals surface area contributed by atoms with Crippen LogP contribution in [0.4, 0.5) is 5.69 Å². The minimum absolute atomic E-state index is 0.528. The van der Waals surface area contributed by atoms with Gasteiger partial charge in [-0.3, -0.25) is 0 Å². The number of aromatic nitrogens is 1. The van der Waals surface area contributed by atoms with Gasteiger partial charge in [0.25, 0.3) is 0 Å². The summed E-state index contributed by atoms with van der Waals surface area (Å²) >= 11 is 3.43. The average Bonchev–Trinajstić information content (AvgIpc) is 2.78. The van der Waals surface area contributed by atoms with E-state index in [0.717, 1.165) is 32.4 Å². The van der Waals surface area contributed by atoms with Crippen LogP contribution in [-0.4, -0.2) is 4.98 Å². The van der Waals surface area contributed by atoms with Gasteiger partial charge in [0.1, 0.15) is 12.4 Å². The number of benzene rings is 2. The zero-order chi connectivity index (χ0) is 13.2. The number of aromatic amines is 1. The molecule has 0 bridgehead atoms. The van der Waals surface area contributed by atoms with E-state index in [1.807, 2.05) is 48.7 Å². The van der Waals surface area contributed by atoms with Crippen LogP contribution in [0.3, 0.4) is 0 Å². The molecule has 0 saturated heterocycles. The Morgan fingerprint density at radius 2 is 2.05 bits per heavy atom. The lowest BCUT2D eigenvalue weighted by Gasteiger charge is -2.05. The average molecular weight is 317 g/mol. The van der Waals surface area contributed by atoms with Gasteiger partial charge < -0.3 is 15.5 Å². The molecular weight excluding hydrogens is 304 g/mol. The molecule has 0 aliphatic rings. The van der Waals surface area contributed by atoms with Crippen molar-refractivity contribution >= 4 is 32.5 Å². The van der Waals surface area contributed by atoms with Gasteiger partial charge in [0.05, 0.1) is 0 Å². The van der Waals surface area contributed by atoms with Gasteiger partial charge in [-0.1, -0.05) is 28.1 Å². The number of nitrogens with two attached hydrogens (primary N) is 1. The third-order valence-corrected chi connectivity index (χ3v) is 3.48. The normalized spacial score (nSPS) is 10.8. The maximum Gasteiger partial charge on any atom is 0.120 e. The molecule has 3 N–H and O–H groups in total. The lowest BCUT2D eigenvalue weighted by Crippen LogP contribution is -1.94. The van der Waals surface area contributed by atoms with Gasteiger partial charge in [-0.2, -0.15) is 0 Å². The van der Waals surface area contributed by atoms with Crippen molar-refractivity contribution in [3.63, 3.8) is 0 Å². The van der Waals surface area contributed by atoms with Gasteiger partial charge in [0.15, 0.2) is 0 Å². The molecule has 96 valence electrons. The second-order valence-electron chi connectivity index (χ2n) is 4.36. The van der Waals surface area contributed by atoms with Crippen molar-refractivity contribution in [3.05, 3.63) is 58.7 Å². The van der Waals surface area contributed by atoms with Crippen molar-refractivity contribution < 1.29 is 4.74 Å². The third-order valence-electron chi connectivity index (χ3n) is 2.98. The molecule has 0 atom stereocenters. The van der Waals surface area contributed by atoms with E-state index in [0.29, 0.717) is 6.61 Å². The Hall–Kier alpha value is -1.94. The van der Waals surface area contributed by atoms with Crippen LogP contribution in [0.2, 0.25) is 0 Å². The second-order valence-corrected chi connectivity index (χ2v) is 5.28. The Morgan fingerprint density at radius 3 is 2.89 bits per heavy atom. The Kier molecular flexibility index (Phi) is 3.17. The highest BCUT2D eigenvalue weighted by Gasteiger charge is 2.04. The van der Waals surface area contributed by atoms with E-state index < -0.39 is 0 Å². The number of hydrogen-bond donors (Lipinski definition) is 2. The van der Waals surface area contributed by atoms with Crippen LogP contribution < -0.4 is 10.5 Å². The molecular formula is C15H13BrN2O. The number of fused-ring (bicyclic) bond motifs is 1. The summed E-state index contributed by atoms with van der Waals surface area (Å²) in [6.45, 7) is 0.528. The molecule has 0 amide bonds. The minimum atomic E-state index is 0.528. The molecule has 4 heteroatoms. The maximum absolute atomic E-state index is 5.79. The molecule has 0 fully saturated rings. The fourth-order valence-corrected chi connectivity index (χ4v) is 2.42. The van der Waals surface area contributed by atoms with Gasteiger partial charge in [-0.25, -0.2) is 0 Å². The van der Waals surface area contributed by atoms with Crippen molar-refractivity contribution in [3.8, 4) is 5.75 Å². The van der Waals surface area contributed by atoms with E-state index >= 15 is 0 Å². The van der Waals surface area contributed by atoms with Crippen molar-refractivity contribution in [1.82, 2.24) is 4.98 Å². The minimum Gasteiger partial charge on any atom is -0.489 e. The van der Waals surface area contributed by atoms with Crippen LogP contribution in [-0.2, 0) is 6.61 Å². The smallest absolute Gasteiger partial charge is 0.120 e. The number of nitrogen functional groups attached to an aromatic ring is 1. The van der Waals surface area contributed by atoms with Crippen molar-refractivity contribution in [2.24, 2.45) is 0 Å². The highest BCUT2D eigenvalue weighted by Crippen LogP contribution is 2.23. The van der Waals surface area contributed by atoms with Gasteiger partial charge >= 0.3 is 0 Å². The molecule has 0 aliphatic carbocycles. The fourth-order valence-electron chi connectivity index (χ4n) is 2.04. The number of halogens is 1.